The maximum Gasteiger partial charge on any atom is 0.0433 e. The van der Waals surface area contributed by atoms with Crippen molar-refractivity contribution in [1.82, 2.24) is 0 Å². The average molecular weight is 262 g/mol. The fourth-order valence-electron chi connectivity index (χ4n) is 5.63. The number of aliphatic hydroxyl groups excluding tert-OH is 1. The molecule has 3 aliphatic rings. The molecule has 0 radical (unpaired) electrons. The Morgan fingerprint density at radius 3 is 2.95 bits per heavy atom. The van der Waals surface area contributed by atoms with Gasteiger partial charge in [0.25, 0.3) is 0 Å². The van der Waals surface area contributed by atoms with E-state index < -0.39 is 0 Å². The minimum Gasteiger partial charge on any atom is -0.396 e. The van der Waals surface area contributed by atoms with E-state index in [-0.39, 0.29) is 0 Å². The van der Waals surface area contributed by atoms with Gasteiger partial charge in [-0.15, -0.1) is 0 Å². The Labute approximate surface area is 118 Å². The molecule has 0 aromatic rings. The van der Waals surface area contributed by atoms with Gasteiger partial charge in [-0.1, -0.05) is 38.3 Å². The Bertz CT molecular complexity index is 359. The van der Waals surface area contributed by atoms with Crippen LogP contribution in [0.3, 0.4) is 0 Å². The second kappa shape index (κ2) is 5.24. The molecule has 0 heterocycles. The lowest BCUT2D eigenvalue weighted by atomic mass is 9.51. The van der Waals surface area contributed by atoms with Crippen LogP contribution in [0.1, 0.15) is 65.2 Å². The zero-order valence-corrected chi connectivity index (χ0v) is 12.7. The zero-order chi connectivity index (χ0) is 13.5. The Morgan fingerprint density at radius 2 is 2.16 bits per heavy atom. The summed E-state index contributed by atoms with van der Waals surface area (Å²) in [7, 11) is 0. The second-order valence-corrected chi connectivity index (χ2v) is 7.68. The van der Waals surface area contributed by atoms with Crippen LogP contribution in [0.15, 0.2) is 11.6 Å². The van der Waals surface area contributed by atoms with Crippen molar-refractivity contribution >= 4 is 0 Å². The fourth-order valence-corrected chi connectivity index (χ4v) is 5.63. The van der Waals surface area contributed by atoms with Gasteiger partial charge >= 0.3 is 0 Å². The van der Waals surface area contributed by atoms with Crippen LogP contribution in [-0.4, -0.2) is 11.7 Å². The molecular formula is C18H30O. The Hall–Kier alpha value is -0.300. The van der Waals surface area contributed by atoms with Crippen molar-refractivity contribution in [1.29, 1.82) is 0 Å². The molecule has 0 amide bonds. The topological polar surface area (TPSA) is 20.2 Å². The molecule has 108 valence electrons. The SMILES string of the molecule is CC1CCC[C@@]2(C)C3=CC[C@H](CCO)CC3CCC12. The third kappa shape index (κ3) is 2.28. The minimum absolute atomic E-state index is 0.373. The van der Waals surface area contributed by atoms with E-state index in [0.29, 0.717) is 12.0 Å². The molecule has 2 fully saturated rings. The van der Waals surface area contributed by atoms with Crippen LogP contribution in [-0.2, 0) is 0 Å². The van der Waals surface area contributed by atoms with Gasteiger partial charge in [-0.25, -0.2) is 0 Å². The van der Waals surface area contributed by atoms with Crippen molar-refractivity contribution in [2.45, 2.75) is 65.2 Å². The first-order valence-corrected chi connectivity index (χ1v) is 8.46. The summed E-state index contributed by atoms with van der Waals surface area (Å²) in [4.78, 5) is 0. The number of aliphatic hydroxyl groups is 1. The Balaban J connectivity index is 1.83. The highest BCUT2D eigenvalue weighted by Crippen LogP contribution is 2.59. The van der Waals surface area contributed by atoms with Gasteiger partial charge in [-0.3, -0.25) is 0 Å². The van der Waals surface area contributed by atoms with Crippen molar-refractivity contribution in [3.8, 4) is 0 Å². The molecule has 5 atom stereocenters. The van der Waals surface area contributed by atoms with Gasteiger partial charge in [-0.2, -0.15) is 0 Å². The first kappa shape index (κ1) is 13.7. The van der Waals surface area contributed by atoms with Crippen molar-refractivity contribution < 1.29 is 5.11 Å². The van der Waals surface area contributed by atoms with E-state index in [1.807, 2.05) is 5.57 Å². The molecule has 3 aliphatic carbocycles. The highest BCUT2D eigenvalue weighted by atomic mass is 16.3. The summed E-state index contributed by atoms with van der Waals surface area (Å²) in [5.41, 5.74) is 2.34. The maximum absolute atomic E-state index is 9.17. The monoisotopic (exact) mass is 262 g/mol. The lowest BCUT2D eigenvalue weighted by Crippen LogP contribution is -2.44. The summed E-state index contributed by atoms with van der Waals surface area (Å²) in [5, 5.41) is 9.17. The summed E-state index contributed by atoms with van der Waals surface area (Å²) in [6, 6.07) is 0. The highest BCUT2D eigenvalue weighted by molar-refractivity contribution is 5.25. The van der Waals surface area contributed by atoms with Crippen LogP contribution in [0, 0.1) is 29.1 Å². The van der Waals surface area contributed by atoms with E-state index in [2.05, 4.69) is 19.9 Å². The highest BCUT2D eigenvalue weighted by Gasteiger charge is 2.48. The third-order valence-corrected chi connectivity index (χ3v) is 6.61. The molecule has 0 aromatic heterocycles. The van der Waals surface area contributed by atoms with Gasteiger partial charge in [0.15, 0.2) is 0 Å². The molecule has 1 heteroatoms. The molecule has 19 heavy (non-hydrogen) atoms. The summed E-state index contributed by atoms with van der Waals surface area (Å²) in [6.45, 7) is 5.43. The van der Waals surface area contributed by atoms with E-state index in [4.69, 9.17) is 5.11 Å². The largest absolute Gasteiger partial charge is 0.396 e. The summed E-state index contributed by atoms with van der Waals surface area (Å²) in [5.74, 6) is 3.46. The van der Waals surface area contributed by atoms with Crippen molar-refractivity contribution in [2.75, 3.05) is 6.61 Å². The molecule has 0 aliphatic heterocycles. The van der Waals surface area contributed by atoms with Crippen molar-refractivity contribution in [2.24, 2.45) is 29.1 Å². The van der Waals surface area contributed by atoms with E-state index in [1.165, 1.54) is 44.9 Å². The number of hydrogen-bond donors (Lipinski definition) is 1. The summed E-state index contributed by atoms with van der Waals surface area (Å²) < 4.78 is 0. The molecule has 1 nitrogen and oxygen atoms in total. The van der Waals surface area contributed by atoms with Crippen LogP contribution < -0.4 is 0 Å². The van der Waals surface area contributed by atoms with Crippen molar-refractivity contribution in [3.63, 3.8) is 0 Å². The minimum atomic E-state index is 0.373. The third-order valence-electron chi connectivity index (χ3n) is 6.61. The quantitative estimate of drug-likeness (QED) is 0.723. The molecule has 3 rings (SSSR count). The van der Waals surface area contributed by atoms with Crippen LogP contribution in [0.2, 0.25) is 0 Å². The van der Waals surface area contributed by atoms with Gasteiger partial charge in [0.2, 0.25) is 0 Å². The van der Waals surface area contributed by atoms with E-state index in [1.54, 1.807) is 0 Å². The lowest BCUT2D eigenvalue weighted by Gasteiger charge is -2.54. The second-order valence-electron chi connectivity index (χ2n) is 7.68. The normalized spacial score (nSPS) is 46.2. The van der Waals surface area contributed by atoms with Crippen LogP contribution >= 0.6 is 0 Å². The summed E-state index contributed by atoms with van der Waals surface area (Å²) in [6.07, 6.45) is 13.4. The molecule has 2 saturated carbocycles. The van der Waals surface area contributed by atoms with Crippen LogP contribution in [0.5, 0.6) is 0 Å². The predicted octanol–water partition coefficient (Wildman–Crippen LogP) is 4.56. The molecule has 0 saturated heterocycles. The summed E-state index contributed by atoms with van der Waals surface area (Å²) >= 11 is 0. The van der Waals surface area contributed by atoms with Gasteiger partial charge in [0.1, 0.15) is 0 Å². The van der Waals surface area contributed by atoms with Gasteiger partial charge in [0, 0.05) is 6.61 Å². The molecule has 0 bridgehead atoms. The first-order valence-electron chi connectivity index (χ1n) is 8.46. The number of fused-ring (bicyclic) bond motifs is 3. The van der Waals surface area contributed by atoms with Crippen LogP contribution in [0.4, 0.5) is 0 Å². The molecule has 0 aromatic carbocycles. The van der Waals surface area contributed by atoms with Gasteiger partial charge < -0.3 is 5.11 Å². The number of allylic oxidation sites excluding steroid dienone is 2. The molecular weight excluding hydrogens is 232 g/mol. The van der Waals surface area contributed by atoms with E-state index in [0.717, 1.165) is 30.1 Å². The van der Waals surface area contributed by atoms with Crippen LogP contribution in [0.25, 0.3) is 0 Å². The number of hydrogen-bond acceptors (Lipinski definition) is 1. The zero-order valence-electron chi connectivity index (χ0n) is 12.7. The predicted molar refractivity (Wildman–Crippen MR) is 79.8 cm³/mol. The first-order chi connectivity index (χ1) is 9.15. The average Bonchev–Trinajstić information content (AvgIpc) is 2.38. The Morgan fingerprint density at radius 1 is 1.32 bits per heavy atom. The Kier molecular flexibility index (Phi) is 3.77. The van der Waals surface area contributed by atoms with Gasteiger partial charge in [0.05, 0.1) is 0 Å². The standard InChI is InChI=1S/C18H30O/c1-13-4-3-10-18(2)16(13)8-6-15-12-14(9-11-19)5-7-17(15)18/h7,13-16,19H,3-6,8-12H2,1-2H3/t13?,14-,15?,16?,18-/m1/s1. The van der Waals surface area contributed by atoms with Gasteiger partial charge in [-0.05, 0) is 67.6 Å². The smallest absolute Gasteiger partial charge is 0.0433 e. The van der Waals surface area contributed by atoms with E-state index >= 15 is 0 Å². The lowest BCUT2D eigenvalue weighted by molar-refractivity contribution is 0.0422. The van der Waals surface area contributed by atoms with E-state index in [9.17, 15) is 0 Å². The molecule has 0 spiro atoms. The fraction of sp³-hybridized carbons (Fsp3) is 0.889. The molecule has 3 unspecified atom stereocenters. The molecule has 1 N–H and O–H groups in total. The number of rotatable bonds is 2. The maximum atomic E-state index is 9.17. The van der Waals surface area contributed by atoms with Crippen molar-refractivity contribution in [3.05, 3.63) is 11.6 Å².